The van der Waals surface area contributed by atoms with E-state index in [9.17, 15) is 4.79 Å². The highest BCUT2D eigenvalue weighted by Crippen LogP contribution is 2.15. The maximum absolute atomic E-state index is 12.1. The SMILES string of the molecule is CC(C)(CNC(=O)NCCCn1cnc2ccccc21)N1CCOCC1. The first-order valence-corrected chi connectivity index (χ1v) is 9.31. The van der Waals surface area contributed by atoms with Gasteiger partial charge in [-0.15, -0.1) is 0 Å². The third-order valence-corrected chi connectivity index (χ3v) is 4.94. The number of aryl methyl sites for hydroxylation is 1. The lowest BCUT2D eigenvalue weighted by Gasteiger charge is -2.40. The maximum atomic E-state index is 12.1. The van der Waals surface area contributed by atoms with Crippen LogP contribution in [0.3, 0.4) is 0 Å². The number of hydrogen-bond donors (Lipinski definition) is 2. The van der Waals surface area contributed by atoms with Crippen LogP contribution in [0.15, 0.2) is 30.6 Å². The molecule has 0 aliphatic carbocycles. The monoisotopic (exact) mass is 359 g/mol. The molecule has 7 nitrogen and oxygen atoms in total. The molecule has 1 fully saturated rings. The average molecular weight is 359 g/mol. The van der Waals surface area contributed by atoms with Crippen LogP contribution >= 0.6 is 0 Å². The summed E-state index contributed by atoms with van der Waals surface area (Å²) in [6.07, 6.45) is 2.72. The van der Waals surface area contributed by atoms with Gasteiger partial charge < -0.3 is 19.9 Å². The number of imidazole rings is 1. The van der Waals surface area contributed by atoms with E-state index in [1.807, 2.05) is 24.5 Å². The Morgan fingerprint density at radius 2 is 2.00 bits per heavy atom. The number of ether oxygens (including phenoxy) is 1. The first-order chi connectivity index (χ1) is 12.6. The summed E-state index contributed by atoms with van der Waals surface area (Å²) in [6.45, 7) is 9.74. The second-order valence-electron chi connectivity index (χ2n) is 7.30. The van der Waals surface area contributed by atoms with Crippen molar-refractivity contribution in [3.05, 3.63) is 30.6 Å². The number of nitrogens with one attached hydrogen (secondary N) is 2. The zero-order valence-corrected chi connectivity index (χ0v) is 15.7. The Kier molecular flexibility index (Phi) is 6.11. The number of urea groups is 1. The van der Waals surface area contributed by atoms with Crippen molar-refractivity contribution >= 4 is 17.1 Å². The van der Waals surface area contributed by atoms with Gasteiger partial charge in [0.1, 0.15) is 0 Å². The first kappa shape index (κ1) is 18.7. The third kappa shape index (κ3) is 4.74. The van der Waals surface area contributed by atoms with Gasteiger partial charge in [-0.25, -0.2) is 9.78 Å². The molecular formula is C19H29N5O2. The van der Waals surface area contributed by atoms with E-state index < -0.39 is 0 Å². The number of morpholine rings is 1. The van der Waals surface area contributed by atoms with Crippen LogP contribution < -0.4 is 10.6 Å². The van der Waals surface area contributed by atoms with Crippen LogP contribution in [0, 0.1) is 0 Å². The fourth-order valence-corrected chi connectivity index (χ4v) is 3.28. The molecule has 1 aliphatic rings. The second-order valence-corrected chi connectivity index (χ2v) is 7.30. The molecule has 0 unspecified atom stereocenters. The smallest absolute Gasteiger partial charge is 0.314 e. The van der Waals surface area contributed by atoms with Crippen molar-refractivity contribution in [2.75, 3.05) is 39.4 Å². The number of rotatable bonds is 7. The predicted molar refractivity (Wildman–Crippen MR) is 102 cm³/mol. The van der Waals surface area contributed by atoms with Crippen LogP contribution in [0.25, 0.3) is 11.0 Å². The zero-order chi connectivity index (χ0) is 18.4. The van der Waals surface area contributed by atoms with Gasteiger partial charge in [-0.3, -0.25) is 4.90 Å². The summed E-state index contributed by atoms with van der Waals surface area (Å²) in [5, 5.41) is 5.93. The van der Waals surface area contributed by atoms with Crippen molar-refractivity contribution in [2.45, 2.75) is 32.4 Å². The molecule has 26 heavy (non-hydrogen) atoms. The first-order valence-electron chi connectivity index (χ1n) is 9.31. The number of hydrogen-bond acceptors (Lipinski definition) is 4. The Morgan fingerprint density at radius 3 is 2.81 bits per heavy atom. The summed E-state index contributed by atoms with van der Waals surface area (Å²) < 4.78 is 7.52. The van der Waals surface area contributed by atoms with Crippen LogP contribution in [0.5, 0.6) is 0 Å². The fraction of sp³-hybridized carbons (Fsp3) is 0.579. The minimum Gasteiger partial charge on any atom is -0.379 e. The summed E-state index contributed by atoms with van der Waals surface area (Å²) in [4.78, 5) is 18.8. The molecule has 2 heterocycles. The molecule has 1 aromatic heterocycles. The second kappa shape index (κ2) is 8.51. The number of benzene rings is 1. The van der Waals surface area contributed by atoms with E-state index >= 15 is 0 Å². The molecule has 7 heteroatoms. The third-order valence-electron chi connectivity index (χ3n) is 4.94. The number of para-hydroxylation sites is 2. The van der Waals surface area contributed by atoms with Crippen molar-refractivity contribution < 1.29 is 9.53 Å². The quantitative estimate of drug-likeness (QED) is 0.740. The van der Waals surface area contributed by atoms with Crippen molar-refractivity contribution in [3.8, 4) is 0 Å². The van der Waals surface area contributed by atoms with Gasteiger partial charge >= 0.3 is 6.03 Å². The molecule has 1 aromatic carbocycles. The predicted octanol–water partition coefficient (Wildman–Crippen LogP) is 1.84. The van der Waals surface area contributed by atoms with Crippen LogP contribution in [-0.2, 0) is 11.3 Å². The molecule has 0 bridgehead atoms. The Labute approximate surface area is 154 Å². The summed E-state index contributed by atoms with van der Waals surface area (Å²) >= 11 is 0. The van der Waals surface area contributed by atoms with E-state index in [0.717, 1.165) is 50.3 Å². The highest BCUT2D eigenvalue weighted by Gasteiger charge is 2.28. The van der Waals surface area contributed by atoms with Crippen molar-refractivity contribution in [1.29, 1.82) is 0 Å². The lowest BCUT2D eigenvalue weighted by Crippen LogP contribution is -2.56. The topological polar surface area (TPSA) is 71.4 Å². The van der Waals surface area contributed by atoms with Gasteiger partial charge in [-0.1, -0.05) is 12.1 Å². The van der Waals surface area contributed by atoms with Crippen LogP contribution in [-0.4, -0.2) is 65.4 Å². The Bertz CT molecular complexity index is 722. The molecule has 2 aromatic rings. The summed E-state index contributed by atoms with van der Waals surface area (Å²) in [6, 6.07) is 7.97. The highest BCUT2D eigenvalue weighted by molar-refractivity contribution is 5.75. The van der Waals surface area contributed by atoms with Gasteiger partial charge in [-0.2, -0.15) is 0 Å². The molecule has 0 spiro atoms. The largest absolute Gasteiger partial charge is 0.379 e. The Morgan fingerprint density at radius 1 is 1.23 bits per heavy atom. The summed E-state index contributed by atoms with van der Waals surface area (Å²) in [5.41, 5.74) is 2.06. The van der Waals surface area contributed by atoms with Crippen molar-refractivity contribution in [1.82, 2.24) is 25.1 Å². The van der Waals surface area contributed by atoms with E-state index in [0.29, 0.717) is 13.1 Å². The Balaban J connectivity index is 1.36. The molecule has 0 radical (unpaired) electrons. The van der Waals surface area contributed by atoms with Crippen molar-refractivity contribution in [2.24, 2.45) is 0 Å². The molecule has 3 rings (SSSR count). The number of fused-ring (bicyclic) bond motifs is 1. The van der Waals surface area contributed by atoms with Gasteiger partial charge in [0.25, 0.3) is 0 Å². The molecule has 1 aliphatic heterocycles. The maximum Gasteiger partial charge on any atom is 0.314 e. The Hall–Kier alpha value is -2.12. The molecular weight excluding hydrogens is 330 g/mol. The van der Waals surface area contributed by atoms with E-state index in [4.69, 9.17) is 4.74 Å². The van der Waals surface area contributed by atoms with Crippen LogP contribution in [0.4, 0.5) is 4.79 Å². The zero-order valence-electron chi connectivity index (χ0n) is 15.7. The average Bonchev–Trinajstić information content (AvgIpc) is 3.08. The number of carbonyl (C=O) groups is 1. The van der Waals surface area contributed by atoms with Gasteiger partial charge in [0.15, 0.2) is 0 Å². The van der Waals surface area contributed by atoms with E-state index in [-0.39, 0.29) is 11.6 Å². The number of nitrogens with zero attached hydrogens (tertiary/aromatic N) is 3. The minimum atomic E-state index is -0.109. The molecule has 142 valence electrons. The molecule has 1 saturated heterocycles. The van der Waals surface area contributed by atoms with Gasteiger partial charge in [0.2, 0.25) is 0 Å². The normalized spacial score (nSPS) is 15.9. The van der Waals surface area contributed by atoms with Gasteiger partial charge in [-0.05, 0) is 32.4 Å². The van der Waals surface area contributed by atoms with Crippen LogP contribution in [0.2, 0.25) is 0 Å². The van der Waals surface area contributed by atoms with Crippen molar-refractivity contribution in [3.63, 3.8) is 0 Å². The summed E-state index contributed by atoms with van der Waals surface area (Å²) in [5.74, 6) is 0. The van der Waals surface area contributed by atoms with E-state index in [1.54, 1.807) is 0 Å². The molecule has 2 N–H and O–H groups in total. The van der Waals surface area contributed by atoms with E-state index in [2.05, 4.69) is 45.0 Å². The number of carbonyl (C=O) groups excluding carboxylic acids is 1. The molecule has 2 amide bonds. The number of amides is 2. The number of aromatic nitrogens is 2. The van der Waals surface area contributed by atoms with Gasteiger partial charge in [0, 0.05) is 38.3 Å². The minimum absolute atomic E-state index is 0.0726. The standard InChI is InChI=1S/C19H29N5O2/c1-19(2,24-10-12-26-13-11-24)14-21-18(25)20-8-5-9-23-15-22-16-6-3-4-7-17(16)23/h3-4,6-7,15H,5,8-14H2,1-2H3,(H2,20,21,25). The molecule has 0 atom stereocenters. The fourth-order valence-electron chi connectivity index (χ4n) is 3.28. The molecule has 0 saturated carbocycles. The van der Waals surface area contributed by atoms with E-state index in [1.165, 1.54) is 0 Å². The van der Waals surface area contributed by atoms with Gasteiger partial charge in [0.05, 0.1) is 30.6 Å². The van der Waals surface area contributed by atoms with Crippen LogP contribution in [0.1, 0.15) is 20.3 Å². The lowest BCUT2D eigenvalue weighted by molar-refractivity contribution is -0.00874. The highest BCUT2D eigenvalue weighted by atomic mass is 16.5. The summed E-state index contributed by atoms with van der Waals surface area (Å²) in [7, 11) is 0. The lowest BCUT2D eigenvalue weighted by atomic mass is 10.0.